The number of aromatic nitrogens is 5. The highest BCUT2D eigenvalue weighted by atomic mass is 16.3. The van der Waals surface area contributed by atoms with Gasteiger partial charge in [0.15, 0.2) is 6.35 Å². The van der Waals surface area contributed by atoms with Gasteiger partial charge in [0.1, 0.15) is 0 Å². The molecule has 0 aliphatic carbocycles. The Bertz CT molecular complexity index is 1360. The smallest absolute Gasteiger partial charge is 0.163 e. The largest absolute Gasteiger partial charge is 0.365 e. The Hall–Kier alpha value is -3.07. The summed E-state index contributed by atoms with van der Waals surface area (Å²) in [6.45, 7) is 6.72. The molecule has 0 radical (unpaired) electrons. The fourth-order valence-corrected chi connectivity index (χ4v) is 5.70. The summed E-state index contributed by atoms with van der Waals surface area (Å²) in [6.07, 6.45) is 5.18. The maximum Gasteiger partial charge on any atom is 0.163 e. The van der Waals surface area contributed by atoms with Gasteiger partial charge in [-0.25, -0.2) is 0 Å². The van der Waals surface area contributed by atoms with Crippen LogP contribution in [0.25, 0.3) is 22.2 Å². The molecule has 8 nitrogen and oxygen atoms in total. The summed E-state index contributed by atoms with van der Waals surface area (Å²) in [4.78, 5) is 6.77. The molecule has 0 saturated carbocycles. The number of nitrogens with one attached hydrogen (secondary N) is 1. The molecule has 34 heavy (non-hydrogen) atoms. The Labute approximate surface area is 199 Å². The van der Waals surface area contributed by atoms with Gasteiger partial charge in [0, 0.05) is 72.2 Å². The van der Waals surface area contributed by atoms with Gasteiger partial charge in [-0.1, -0.05) is 18.2 Å². The van der Waals surface area contributed by atoms with Crippen molar-refractivity contribution in [1.29, 1.82) is 0 Å². The van der Waals surface area contributed by atoms with Crippen molar-refractivity contribution in [2.75, 3.05) is 13.1 Å². The van der Waals surface area contributed by atoms with Crippen molar-refractivity contribution >= 4 is 10.9 Å². The average molecular weight is 458 g/mol. The summed E-state index contributed by atoms with van der Waals surface area (Å²) in [7, 11) is 1.94. The molecule has 1 saturated heterocycles. The van der Waals surface area contributed by atoms with Crippen LogP contribution in [-0.2, 0) is 19.0 Å². The predicted octanol–water partition coefficient (Wildman–Crippen LogP) is 3.11. The fraction of sp³-hybridized carbons (Fsp3) is 0.423. The van der Waals surface area contributed by atoms with Crippen LogP contribution >= 0.6 is 0 Å². The molecule has 2 aliphatic rings. The lowest BCUT2D eigenvalue weighted by atomic mass is 9.82. The lowest BCUT2D eigenvalue weighted by Crippen LogP contribution is -2.46. The zero-order valence-electron chi connectivity index (χ0n) is 19.9. The molecule has 8 heteroatoms. The van der Waals surface area contributed by atoms with Crippen LogP contribution in [-0.4, -0.2) is 54.0 Å². The molecule has 6 rings (SSSR count). The van der Waals surface area contributed by atoms with Crippen molar-refractivity contribution in [2.24, 2.45) is 7.05 Å². The van der Waals surface area contributed by atoms with E-state index in [1.807, 2.05) is 42.3 Å². The first-order valence-electron chi connectivity index (χ1n) is 12.0. The Kier molecular flexibility index (Phi) is 5.05. The SMILES string of the molecule is Cc1c(C(C)NC(O)N2CCC3(CCn4nc(-c5cnc6ccccc6c5)cc43)C2)cnn1C. The first kappa shape index (κ1) is 21.5. The van der Waals surface area contributed by atoms with E-state index in [4.69, 9.17) is 5.10 Å². The Morgan fingerprint density at radius 2 is 1.94 bits per heavy atom. The number of rotatable bonds is 5. The second-order valence-corrected chi connectivity index (χ2v) is 9.88. The highest BCUT2D eigenvalue weighted by molar-refractivity contribution is 5.82. The lowest BCUT2D eigenvalue weighted by molar-refractivity contribution is -0.0183. The van der Waals surface area contributed by atoms with E-state index in [0.29, 0.717) is 0 Å². The molecular weight excluding hydrogens is 426 g/mol. The highest BCUT2D eigenvalue weighted by Crippen LogP contribution is 2.44. The molecule has 3 unspecified atom stereocenters. The predicted molar refractivity (Wildman–Crippen MR) is 131 cm³/mol. The molecule has 2 N–H and O–H groups in total. The maximum absolute atomic E-state index is 11.0. The minimum absolute atomic E-state index is 0.0152. The van der Waals surface area contributed by atoms with E-state index in [1.165, 1.54) is 5.69 Å². The lowest BCUT2D eigenvalue weighted by Gasteiger charge is -2.29. The number of aryl methyl sites for hydroxylation is 2. The number of fused-ring (bicyclic) bond motifs is 3. The van der Waals surface area contributed by atoms with Gasteiger partial charge in [-0.2, -0.15) is 10.2 Å². The standard InChI is InChI=1S/C26H31N7O/c1-17(21-15-28-31(3)18(21)2)29-25(34)32-10-8-26(16-32)9-11-33-24(26)13-23(30-33)20-12-19-6-4-5-7-22(19)27-14-20/h4-7,12-15,17,25,29,34H,8-11,16H2,1-3H3. The summed E-state index contributed by atoms with van der Waals surface area (Å²) >= 11 is 0. The van der Waals surface area contributed by atoms with E-state index in [0.717, 1.165) is 65.9 Å². The number of para-hydroxylation sites is 1. The number of hydrogen-bond acceptors (Lipinski definition) is 6. The highest BCUT2D eigenvalue weighted by Gasteiger charge is 2.47. The van der Waals surface area contributed by atoms with Gasteiger partial charge in [-0.3, -0.25) is 24.6 Å². The molecule has 2 aliphatic heterocycles. The van der Waals surface area contributed by atoms with E-state index in [9.17, 15) is 5.11 Å². The fourth-order valence-electron chi connectivity index (χ4n) is 5.70. The van der Waals surface area contributed by atoms with Crippen LogP contribution in [0, 0.1) is 6.92 Å². The number of nitrogens with zero attached hydrogens (tertiary/aromatic N) is 6. The Morgan fingerprint density at radius 1 is 1.12 bits per heavy atom. The first-order valence-corrected chi connectivity index (χ1v) is 12.0. The molecule has 3 atom stereocenters. The normalized spacial score (nSPS) is 22.0. The van der Waals surface area contributed by atoms with Crippen LogP contribution in [0.5, 0.6) is 0 Å². The van der Waals surface area contributed by atoms with E-state index in [-0.39, 0.29) is 11.5 Å². The molecule has 0 amide bonds. The minimum atomic E-state index is -0.699. The maximum atomic E-state index is 11.0. The quantitative estimate of drug-likeness (QED) is 0.448. The number of pyridine rings is 1. The molecule has 0 bridgehead atoms. The van der Waals surface area contributed by atoms with Crippen molar-refractivity contribution in [3.8, 4) is 11.3 Å². The third-order valence-corrected chi connectivity index (χ3v) is 7.88. The second-order valence-electron chi connectivity index (χ2n) is 9.88. The van der Waals surface area contributed by atoms with Gasteiger partial charge < -0.3 is 5.11 Å². The van der Waals surface area contributed by atoms with Crippen molar-refractivity contribution in [3.05, 3.63) is 65.7 Å². The summed E-state index contributed by atoms with van der Waals surface area (Å²) in [5.74, 6) is 0. The minimum Gasteiger partial charge on any atom is -0.365 e. The molecule has 4 aromatic rings. The zero-order valence-corrected chi connectivity index (χ0v) is 19.9. The summed E-state index contributed by atoms with van der Waals surface area (Å²) < 4.78 is 4.03. The Balaban J connectivity index is 1.20. The van der Waals surface area contributed by atoms with Crippen LogP contribution in [0.4, 0.5) is 0 Å². The van der Waals surface area contributed by atoms with E-state index < -0.39 is 6.35 Å². The third-order valence-electron chi connectivity index (χ3n) is 7.88. The molecule has 5 heterocycles. The molecule has 176 valence electrons. The number of aliphatic hydroxyl groups is 1. The van der Waals surface area contributed by atoms with Crippen LogP contribution in [0.3, 0.4) is 0 Å². The van der Waals surface area contributed by atoms with Crippen molar-refractivity contribution in [3.63, 3.8) is 0 Å². The molecule has 1 fully saturated rings. The number of benzene rings is 1. The molecular formula is C26H31N7O. The van der Waals surface area contributed by atoms with Crippen LogP contribution in [0.15, 0.2) is 48.8 Å². The van der Waals surface area contributed by atoms with Crippen molar-refractivity contribution in [2.45, 2.75) is 51.0 Å². The number of likely N-dealkylation sites (tertiary alicyclic amines) is 1. The van der Waals surface area contributed by atoms with Crippen molar-refractivity contribution < 1.29 is 5.11 Å². The summed E-state index contributed by atoms with van der Waals surface area (Å²) in [5.41, 5.74) is 6.56. The van der Waals surface area contributed by atoms with Gasteiger partial charge in [-0.15, -0.1) is 0 Å². The zero-order chi connectivity index (χ0) is 23.4. The number of aliphatic hydroxyl groups excluding tert-OH is 1. The first-order chi connectivity index (χ1) is 16.4. The van der Waals surface area contributed by atoms with Crippen LogP contribution < -0.4 is 5.32 Å². The van der Waals surface area contributed by atoms with Crippen molar-refractivity contribution in [1.82, 2.24) is 34.8 Å². The number of hydrogen-bond donors (Lipinski definition) is 2. The monoisotopic (exact) mass is 457 g/mol. The van der Waals surface area contributed by atoms with Gasteiger partial charge in [0.2, 0.25) is 0 Å². The molecule has 1 aromatic carbocycles. The Morgan fingerprint density at radius 3 is 2.76 bits per heavy atom. The van der Waals surface area contributed by atoms with Gasteiger partial charge in [-0.05, 0) is 44.9 Å². The van der Waals surface area contributed by atoms with E-state index >= 15 is 0 Å². The second kappa shape index (κ2) is 8.01. The summed E-state index contributed by atoms with van der Waals surface area (Å²) in [6, 6.07) is 12.6. The average Bonchev–Trinajstić information content (AvgIpc) is 3.60. The van der Waals surface area contributed by atoms with Crippen LogP contribution in [0.2, 0.25) is 0 Å². The van der Waals surface area contributed by atoms with Gasteiger partial charge in [0.05, 0.1) is 17.4 Å². The van der Waals surface area contributed by atoms with Crippen LogP contribution in [0.1, 0.15) is 42.8 Å². The van der Waals surface area contributed by atoms with Gasteiger partial charge >= 0.3 is 0 Å². The molecule has 3 aromatic heterocycles. The van der Waals surface area contributed by atoms with E-state index in [1.54, 1.807) is 0 Å². The summed E-state index contributed by atoms with van der Waals surface area (Å²) in [5, 5.41) is 24.8. The van der Waals surface area contributed by atoms with Gasteiger partial charge in [0.25, 0.3) is 0 Å². The topological polar surface area (TPSA) is 84.0 Å². The van der Waals surface area contributed by atoms with E-state index in [2.05, 4.69) is 57.0 Å². The molecule has 1 spiro atoms. The third kappa shape index (κ3) is 3.45.